The van der Waals surface area contributed by atoms with Gasteiger partial charge in [0.1, 0.15) is 17.8 Å². The van der Waals surface area contributed by atoms with Crippen LogP contribution >= 0.6 is 11.6 Å². The first-order chi connectivity index (χ1) is 14.7. The summed E-state index contributed by atoms with van der Waals surface area (Å²) >= 11 is 6.13. The van der Waals surface area contributed by atoms with Crippen LogP contribution in [0.5, 0.6) is 0 Å². The predicted octanol–water partition coefficient (Wildman–Crippen LogP) is 5.58. The second kappa shape index (κ2) is 7.65. The maximum Gasteiger partial charge on any atom is 0.313 e. The van der Waals surface area contributed by atoms with E-state index in [1.807, 2.05) is 54.6 Å². The standard InChI is InChI=1S/C23H15ClN2O4/c24-19-8-4-3-7-17(19)23-25-21(26-30-23)13-28-22(27)12-15-11-18-16-6-2-1-5-14(16)9-10-20(18)29-15/h1-11H,12-13H2. The summed E-state index contributed by atoms with van der Waals surface area (Å²) in [5.41, 5.74) is 1.36. The summed E-state index contributed by atoms with van der Waals surface area (Å²) in [6.07, 6.45) is 0.0121. The number of furan rings is 1. The van der Waals surface area contributed by atoms with Crippen molar-refractivity contribution in [2.75, 3.05) is 0 Å². The molecule has 0 fully saturated rings. The van der Waals surface area contributed by atoms with E-state index in [1.165, 1.54) is 0 Å². The van der Waals surface area contributed by atoms with Gasteiger partial charge in [0.15, 0.2) is 6.61 Å². The number of aromatic nitrogens is 2. The van der Waals surface area contributed by atoms with Gasteiger partial charge in [-0.2, -0.15) is 4.98 Å². The first kappa shape index (κ1) is 18.4. The van der Waals surface area contributed by atoms with Crippen molar-refractivity contribution in [1.29, 1.82) is 0 Å². The topological polar surface area (TPSA) is 78.4 Å². The monoisotopic (exact) mass is 418 g/mol. The first-order valence-electron chi connectivity index (χ1n) is 9.31. The van der Waals surface area contributed by atoms with Gasteiger partial charge in [0.2, 0.25) is 5.82 Å². The van der Waals surface area contributed by atoms with Gasteiger partial charge in [-0.15, -0.1) is 0 Å². The minimum absolute atomic E-state index is 0.0121. The molecule has 2 aromatic heterocycles. The Hall–Kier alpha value is -3.64. The fraction of sp³-hybridized carbons (Fsp3) is 0.0870. The summed E-state index contributed by atoms with van der Waals surface area (Å²) in [7, 11) is 0. The Morgan fingerprint density at radius 3 is 2.73 bits per heavy atom. The lowest BCUT2D eigenvalue weighted by molar-refractivity contribution is -0.144. The minimum atomic E-state index is -0.442. The highest BCUT2D eigenvalue weighted by molar-refractivity contribution is 6.33. The van der Waals surface area contributed by atoms with Crippen molar-refractivity contribution >= 4 is 39.3 Å². The summed E-state index contributed by atoms with van der Waals surface area (Å²) < 4.78 is 16.3. The van der Waals surface area contributed by atoms with E-state index in [9.17, 15) is 4.79 Å². The molecule has 2 heterocycles. The van der Waals surface area contributed by atoms with Crippen molar-refractivity contribution in [3.8, 4) is 11.5 Å². The van der Waals surface area contributed by atoms with E-state index >= 15 is 0 Å². The molecule has 30 heavy (non-hydrogen) atoms. The van der Waals surface area contributed by atoms with Crippen LogP contribution in [0.1, 0.15) is 11.6 Å². The minimum Gasteiger partial charge on any atom is -0.460 e. The van der Waals surface area contributed by atoms with Gasteiger partial charge in [-0.25, -0.2) is 0 Å². The Kier molecular flexibility index (Phi) is 4.69. The molecule has 0 atom stereocenters. The summed E-state index contributed by atoms with van der Waals surface area (Å²) in [4.78, 5) is 16.5. The second-order valence-electron chi connectivity index (χ2n) is 6.74. The second-order valence-corrected chi connectivity index (χ2v) is 7.15. The molecule has 148 valence electrons. The summed E-state index contributed by atoms with van der Waals surface area (Å²) in [6.45, 7) is -0.101. The number of carbonyl (C=O) groups excluding carboxylic acids is 1. The number of carbonyl (C=O) groups is 1. The fourth-order valence-electron chi connectivity index (χ4n) is 3.33. The Labute approximate surface area is 176 Å². The molecule has 5 aromatic rings. The van der Waals surface area contributed by atoms with Crippen LogP contribution in [0.2, 0.25) is 5.02 Å². The number of nitrogens with zero attached hydrogens (tertiary/aromatic N) is 2. The smallest absolute Gasteiger partial charge is 0.313 e. The van der Waals surface area contributed by atoms with Gasteiger partial charge in [-0.3, -0.25) is 4.79 Å². The zero-order valence-electron chi connectivity index (χ0n) is 15.7. The van der Waals surface area contributed by atoms with Gasteiger partial charge in [-0.05, 0) is 35.0 Å². The van der Waals surface area contributed by atoms with E-state index in [2.05, 4.69) is 10.1 Å². The molecular formula is C23H15ClN2O4. The molecule has 0 saturated carbocycles. The molecule has 0 radical (unpaired) electrons. The van der Waals surface area contributed by atoms with E-state index in [-0.39, 0.29) is 24.7 Å². The van der Waals surface area contributed by atoms with Crippen LogP contribution in [0.25, 0.3) is 33.2 Å². The number of benzene rings is 3. The zero-order valence-corrected chi connectivity index (χ0v) is 16.4. The van der Waals surface area contributed by atoms with Gasteiger partial charge in [0, 0.05) is 5.39 Å². The van der Waals surface area contributed by atoms with Crippen LogP contribution in [0.4, 0.5) is 0 Å². The van der Waals surface area contributed by atoms with E-state index in [0.29, 0.717) is 16.3 Å². The van der Waals surface area contributed by atoms with Crippen molar-refractivity contribution in [3.63, 3.8) is 0 Å². The number of halogens is 1. The molecule has 0 saturated heterocycles. The Morgan fingerprint density at radius 1 is 1.00 bits per heavy atom. The molecule has 0 amide bonds. The highest BCUT2D eigenvalue weighted by Gasteiger charge is 2.15. The molecule has 0 aliphatic rings. The van der Waals surface area contributed by atoms with E-state index in [4.69, 9.17) is 25.3 Å². The number of hydrogen-bond donors (Lipinski definition) is 0. The molecule has 0 bridgehead atoms. The van der Waals surface area contributed by atoms with Crippen molar-refractivity contribution < 1.29 is 18.5 Å². The Morgan fingerprint density at radius 2 is 1.83 bits per heavy atom. The SMILES string of the molecule is O=C(Cc1cc2c(ccc3ccccc32)o1)OCc1noc(-c2ccccc2Cl)n1. The molecule has 6 nitrogen and oxygen atoms in total. The third kappa shape index (κ3) is 3.53. The molecule has 0 aliphatic heterocycles. The predicted molar refractivity (Wildman–Crippen MR) is 112 cm³/mol. The Balaban J connectivity index is 1.27. The van der Waals surface area contributed by atoms with Crippen molar-refractivity contribution in [1.82, 2.24) is 10.1 Å². The van der Waals surface area contributed by atoms with Crippen LogP contribution in [0.3, 0.4) is 0 Å². The molecule has 0 aliphatic carbocycles. The average Bonchev–Trinajstić information content (AvgIpc) is 3.39. The summed E-state index contributed by atoms with van der Waals surface area (Å²) in [5.74, 6) is 0.628. The molecule has 5 rings (SSSR count). The zero-order chi connectivity index (χ0) is 20.5. The largest absolute Gasteiger partial charge is 0.460 e. The molecule has 0 spiro atoms. The molecule has 0 N–H and O–H groups in total. The molecule has 7 heteroatoms. The lowest BCUT2D eigenvalue weighted by Gasteiger charge is -1.99. The third-order valence-corrected chi connectivity index (χ3v) is 5.06. The Bertz CT molecular complexity index is 1370. The van der Waals surface area contributed by atoms with Crippen LogP contribution in [0, 0.1) is 0 Å². The molecule has 3 aromatic carbocycles. The van der Waals surface area contributed by atoms with Crippen LogP contribution in [0.15, 0.2) is 75.7 Å². The maximum atomic E-state index is 12.3. The quantitative estimate of drug-likeness (QED) is 0.347. The van der Waals surface area contributed by atoms with Gasteiger partial charge in [-0.1, -0.05) is 59.2 Å². The summed E-state index contributed by atoms with van der Waals surface area (Å²) in [5, 5.41) is 7.51. The molecule has 0 unspecified atom stereocenters. The van der Waals surface area contributed by atoms with E-state index in [0.717, 1.165) is 21.7 Å². The van der Waals surface area contributed by atoms with Crippen LogP contribution in [-0.2, 0) is 22.6 Å². The van der Waals surface area contributed by atoms with Crippen LogP contribution < -0.4 is 0 Å². The maximum absolute atomic E-state index is 12.3. The van der Waals surface area contributed by atoms with E-state index in [1.54, 1.807) is 12.1 Å². The highest BCUT2D eigenvalue weighted by atomic mass is 35.5. The van der Waals surface area contributed by atoms with Crippen LogP contribution in [-0.4, -0.2) is 16.1 Å². The van der Waals surface area contributed by atoms with Crippen molar-refractivity contribution in [2.24, 2.45) is 0 Å². The highest BCUT2D eigenvalue weighted by Crippen LogP contribution is 2.29. The summed E-state index contributed by atoms with van der Waals surface area (Å²) in [6, 6.07) is 21.0. The average molecular weight is 419 g/mol. The van der Waals surface area contributed by atoms with Gasteiger partial charge in [0.05, 0.1) is 10.6 Å². The number of esters is 1. The number of fused-ring (bicyclic) bond motifs is 3. The van der Waals surface area contributed by atoms with E-state index < -0.39 is 5.97 Å². The van der Waals surface area contributed by atoms with Gasteiger partial charge < -0.3 is 13.7 Å². The lowest BCUT2D eigenvalue weighted by Crippen LogP contribution is -2.08. The van der Waals surface area contributed by atoms with Crippen molar-refractivity contribution in [2.45, 2.75) is 13.0 Å². The van der Waals surface area contributed by atoms with Crippen molar-refractivity contribution in [3.05, 3.63) is 83.3 Å². The number of hydrogen-bond acceptors (Lipinski definition) is 6. The first-order valence-corrected chi connectivity index (χ1v) is 9.68. The van der Waals surface area contributed by atoms with Gasteiger partial charge >= 0.3 is 5.97 Å². The lowest BCUT2D eigenvalue weighted by atomic mass is 10.1. The fourth-order valence-corrected chi connectivity index (χ4v) is 3.54. The number of rotatable bonds is 5. The molecular weight excluding hydrogens is 404 g/mol. The van der Waals surface area contributed by atoms with Gasteiger partial charge in [0.25, 0.3) is 5.89 Å². The third-order valence-electron chi connectivity index (χ3n) is 4.73. The number of ether oxygens (including phenoxy) is 1. The normalized spacial score (nSPS) is 11.2.